The SMILES string of the molecule is O=C(CC1([C@H]2CCC[C@@H](C3CC3)N2S(=O)(=O)c2ccc(Cl)cc2)CC1)N1CCOCC1. The zero-order valence-corrected chi connectivity index (χ0v) is 19.4. The van der Waals surface area contributed by atoms with E-state index in [1.54, 1.807) is 24.3 Å². The van der Waals surface area contributed by atoms with Crippen LogP contribution in [0.4, 0.5) is 0 Å². The summed E-state index contributed by atoms with van der Waals surface area (Å²) in [6.07, 6.45) is 7.30. The summed E-state index contributed by atoms with van der Waals surface area (Å²) in [4.78, 5) is 15.3. The third-order valence-corrected chi connectivity index (χ3v) is 9.83. The number of hydrogen-bond acceptors (Lipinski definition) is 4. The minimum atomic E-state index is -3.66. The molecule has 1 amide bonds. The number of carbonyl (C=O) groups excluding carboxylic acids is 1. The lowest BCUT2D eigenvalue weighted by Gasteiger charge is -2.45. The van der Waals surface area contributed by atoms with Crippen molar-refractivity contribution in [2.75, 3.05) is 26.3 Å². The van der Waals surface area contributed by atoms with Gasteiger partial charge in [-0.15, -0.1) is 0 Å². The maximum Gasteiger partial charge on any atom is 0.243 e. The first kappa shape index (κ1) is 21.7. The number of carbonyl (C=O) groups is 1. The standard InChI is InChI=1S/C23H31ClN2O4S/c24-18-6-8-19(9-7-18)31(28,29)26-20(17-4-5-17)2-1-3-21(26)23(10-11-23)16-22(27)25-12-14-30-15-13-25/h6-9,17,20-21H,1-5,10-16H2/t20-,21+/m0/s1. The quantitative estimate of drug-likeness (QED) is 0.641. The molecule has 2 saturated heterocycles. The van der Waals surface area contributed by atoms with Gasteiger partial charge >= 0.3 is 0 Å². The summed E-state index contributed by atoms with van der Waals surface area (Å²) in [5.74, 6) is 0.605. The van der Waals surface area contributed by atoms with E-state index in [-0.39, 0.29) is 23.4 Å². The zero-order chi connectivity index (χ0) is 21.6. The van der Waals surface area contributed by atoms with Crippen LogP contribution in [0.25, 0.3) is 0 Å². The topological polar surface area (TPSA) is 66.9 Å². The minimum Gasteiger partial charge on any atom is -0.378 e. The number of nitrogens with zero attached hydrogens (tertiary/aromatic N) is 2. The van der Waals surface area contributed by atoms with Crippen molar-refractivity contribution in [2.45, 2.75) is 68.3 Å². The Bertz CT molecular complexity index is 921. The Balaban J connectivity index is 1.44. The molecule has 0 spiro atoms. The molecule has 2 aliphatic carbocycles. The molecule has 5 rings (SSSR count). The summed E-state index contributed by atoms with van der Waals surface area (Å²) >= 11 is 6.02. The van der Waals surface area contributed by atoms with Crippen LogP contribution in [-0.2, 0) is 19.6 Å². The number of piperidine rings is 1. The Morgan fingerprint density at radius 1 is 1.06 bits per heavy atom. The van der Waals surface area contributed by atoms with Crippen molar-refractivity contribution in [3.8, 4) is 0 Å². The van der Waals surface area contributed by atoms with E-state index in [2.05, 4.69) is 0 Å². The van der Waals surface area contributed by atoms with Gasteiger partial charge in [-0.05, 0) is 74.1 Å². The van der Waals surface area contributed by atoms with Crippen molar-refractivity contribution in [3.05, 3.63) is 29.3 Å². The van der Waals surface area contributed by atoms with Crippen LogP contribution in [0.1, 0.15) is 51.4 Å². The monoisotopic (exact) mass is 466 g/mol. The number of sulfonamides is 1. The first-order valence-electron chi connectivity index (χ1n) is 11.6. The molecule has 8 heteroatoms. The second kappa shape index (κ2) is 8.32. The maximum atomic E-state index is 13.9. The Labute approximate surface area is 189 Å². The molecule has 0 N–H and O–H groups in total. The molecule has 4 fully saturated rings. The number of amides is 1. The number of halogens is 1. The average molecular weight is 467 g/mol. The number of morpholine rings is 1. The Hall–Kier alpha value is -1.15. The second-order valence-electron chi connectivity index (χ2n) is 9.67. The molecule has 170 valence electrons. The smallest absolute Gasteiger partial charge is 0.243 e. The Kier molecular flexibility index (Phi) is 5.82. The highest BCUT2D eigenvalue weighted by molar-refractivity contribution is 7.89. The molecular formula is C23H31ClN2O4S. The first-order valence-corrected chi connectivity index (χ1v) is 13.4. The van der Waals surface area contributed by atoms with Crippen LogP contribution in [0.2, 0.25) is 5.02 Å². The number of rotatable bonds is 6. The predicted molar refractivity (Wildman–Crippen MR) is 118 cm³/mol. The van der Waals surface area contributed by atoms with Gasteiger partial charge in [0.05, 0.1) is 18.1 Å². The lowest BCUT2D eigenvalue weighted by atomic mass is 9.83. The molecule has 1 aromatic rings. The van der Waals surface area contributed by atoms with Gasteiger partial charge in [0.15, 0.2) is 0 Å². The van der Waals surface area contributed by atoms with Gasteiger partial charge in [-0.25, -0.2) is 8.42 Å². The van der Waals surface area contributed by atoms with Crippen LogP contribution >= 0.6 is 11.6 Å². The van der Waals surface area contributed by atoms with E-state index in [4.69, 9.17) is 16.3 Å². The molecule has 2 heterocycles. The molecule has 0 aromatic heterocycles. The van der Waals surface area contributed by atoms with Crippen molar-refractivity contribution < 1.29 is 17.9 Å². The third kappa shape index (κ3) is 4.26. The van der Waals surface area contributed by atoms with Crippen molar-refractivity contribution in [3.63, 3.8) is 0 Å². The van der Waals surface area contributed by atoms with Crippen LogP contribution in [0.15, 0.2) is 29.2 Å². The summed E-state index contributed by atoms with van der Waals surface area (Å²) in [5, 5.41) is 0.530. The molecule has 4 aliphatic rings. The van der Waals surface area contributed by atoms with Crippen molar-refractivity contribution in [1.82, 2.24) is 9.21 Å². The van der Waals surface area contributed by atoms with Gasteiger partial charge < -0.3 is 9.64 Å². The fraction of sp³-hybridized carbons (Fsp3) is 0.696. The highest BCUT2D eigenvalue weighted by Crippen LogP contribution is 2.58. The molecule has 2 atom stereocenters. The highest BCUT2D eigenvalue weighted by Gasteiger charge is 2.58. The molecule has 1 aromatic carbocycles. The number of benzene rings is 1. The van der Waals surface area contributed by atoms with Gasteiger partial charge in [0.25, 0.3) is 0 Å². The summed E-state index contributed by atoms with van der Waals surface area (Å²) in [6.45, 7) is 2.44. The number of ether oxygens (including phenoxy) is 1. The van der Waals surface area contributed by atoms with Gasteiger partial charge in [0.2, 0.25) is 15.9 Å². The average Bonchev–Trinajstić information content (AvgIpc) is 3.69. The largest absolute Gasteiger partial charge is 0.378 e. The lowest BCUT2D eigenvalue weighted by molar-refractivity contribution is -0.137. The van der Waals surface area contributed by atoms with E-state index in [1.807, 2.05) is 9.21 Å². The van der Waals surface area contributed by atoms with E-state index < -0.39 is 10.0 Å². The summed E-state index contributed by atoms with van der Waals surface area (Å²) in [5.41, 5.74) is -0.220. The first-order chi connectivity index (χ1) is 14.9. The summed E-state index contributed by atoms with van der Waals surface area (Å²) in [7, 11) is -3.66. The molecule has 0 bridgehead atoms. The van der Waals surface area contributed by atoms with E-state index in [0.29, 0.717) is 48.6 Å². The van der Waals surface area contributed by atoms with Crippen LogP contribution in [-0.4, -0.2) is 61.9 Å². The number of hydrogen-bond donors (Lipinski definition) is 0. The molecule has 31 heavy (non-hydrogen) atoms. The maximum absolute atomic E-state index is 13.9. The van der Waals surface area contributed by atoms with E-state index in [0.717, 1.165) is 44.9 Å². The van der Waals surface area contributed by atoms with E-state index in [9.17, 15) is 13.2 Å². The normalized spacial score (nSPS) is 29.0. The van der Waals surface area contributed by atoms with E-state index >= 15 is 0 Å². The van der Waals surface area contributed by atoms with Crippen LogP contribution in [0, 0.1) is 11.3 Å². The summed E-state index contributed by atoms with van der Waals surface area (Å²) < 4.78 is 35.0. The van der Waals surface area contributed by atoms with E-state index in [1.165, 1.54) is 0 Å². The summed E-state index contributed by atoms with van der Waals surface area (Å²) in [6, 6.07) is 6.48. The molecule has 6 nitrogen and oxygen atoms in total. The Morgan fingerprint density at radius 3 is 2.35 bits per heavy atom. The fourth-order valence-corrected chi connectivity index (χ4v) is 7.74. The molecule has 2 saturated carbocycles. The molecule has 0 radical (unpaired) electrons. The van der Waals surface area contributed by atoms with Gasteiger partial charge in [-0.3, -0.25) is 4.79 Å². The Morgan fingerprint density at radius 2 is 1.74 bits per heavy atom. The van der Waals surface area contributed by atoms with Crippen LogP contribution < -0.4 is 0 Å². The fourth-order valence-electron chi connectivity index (χ4n) is 5.59. The predicted octanol–water partition coefficient (Wildman–Crippen LogP) is 3.69. The van der Waals surface area contributed by atoms with Gasteiger partial charge in [-0.2, -0.15) is 4.31 Å². The van der Waals surface area contributed by atoms with Crippen LogP contribution in [0.5, 0.6) is 0 Å². The van der Waals surface area contributed by atoms with Gasteiger partial charge in [0, 0.05) is 36.6 Å². The minimum absolute atomic E-state index is 0.0513. The molecule has 0 unspecified atom stereocenters. The van der Waals surface area contributed by atoms with Gasteiger partial charge in [-0.1, -0.05) is 18.0 Å². The van der Waals surface area contributed by atoms with Crippen molar-refractivity contribution in [2.24, 2.45) is 11.3 Å². The zero-order valence-electron chi connectivity index (χ0n) is 17.8. The highest BCUT2D eigenvalue weighted by atomic mass is 35.5. The molecular weight excluding hydrogens is 436 g/mol. The van der Waals surface area contributed by atoms with Crippen LogP contribution in [0.3, 0.4) is 0 Å². The molecule has 2 aliphatic heterocycles. The lowest BCUT2D eigenvalue weighted by Crippen LogP contribution is -2.55. The third-order valence-electron chi connectivity index (χ3n) is 7.63. The van der Waals surface area contributed by atoms with Gasteiger partial charge in [0.1, 0.15) is 0 Å². The second-order valence-corrected chi connectivity index (χ2v) is 12.0. The van der Waals surface area contributed by atoms with Crippen molar-refractivity contribution in [1.29, 1.82) is 0 Å². The van der Waals surface area contributed by atoms with Crippen molar-refractivity contribution >= 4 is 27.5 Å².